The van der Waals surface area contributed by atoms with Crippen LogP contribution in [0.5, 0.6) is 0 Å². The molecule has 6 nitrogen and oxygen atoms in total. The van der Waals surface area contributed by atoms with Crippen molar-refractivity contribution in [2.24, 2.45) is 0 Å². The molecule has 0 saturated heterocycles. The minimum absolute atomic E-state index is 0.0342. The van der Waals surface area contributed by atoms with Crippen LogP contribution in [0.1, 0.15) is 6.92 Å². The highest BCUT2D eigenvalue weighted by Gasteiger charge is 2.17. The number of benzene rings is 1. The van der Waals surface area contributed by atoms with Crippen molar-refractivity contribution in [3.63, 3.8) is 0 Å². The van der Waals surface area contributed by atoms with Gasteiger partial charge in [-0.2, -0.15) is 0 Å². The second-order valence-electron chi connectivity index (χ2n) is 4.10. The summed E-state index contributed by atoms with van der Waals surface area (Å²) in [6.45, 7) is 2.51. The maximum absolute atomic E-state index is 13.0. The maximum Gasteiger partial charge on any atom is 0.311 e. The topological polar surface area (TPSA) is 80.1 Å². The molecule has 0 radical (unpaired) electrons. The van der Waals surface area contributed by atoms with Crippen LogP contribution in [0.15, 0.2) is 30.3 Å². The Kier molecular flexibility index (Phi) is 4.54. The van der Waals surface area contributed by atoms with Crippen molar-refractivity contribution >= 4 is 34.6 Å². The Balaban J connectivity index is 2.40. The van der Waals surface area contributed by atoms with Gasteiger partial charge in [0.25, 0.3) is 0 Å². The summed E-state index contributed by atoms with van der Waals surface area (Å²) in [7, 11) is 0. The number of nitrogens with one attached hydrogen (secondary N) is 2. The van der Waals surface area contributed by atoms with Crippen molar-refractivity contribution in [2.45, 2.75) is 6.92 Å². The van der Waals surface area contributed by atoms with E-state index < -0.39 is 10.7 Å². The quantitative estimate of drug-likeness (QED) is 0.645. The predicted molar refractivity (Wildman–Crippen MR) is 79.7 cm³/mol. The molecule has 0 bridgehead atoms. The van der Waals surface area contributed by atoms with Crippen LogP contribution in [0.25, 0.3) is 0 Å². The molecule has 0 unspecified atom stereocenters. The first-order valence-corrected chi connectivity index (χ1v) is 6.50. The lowest BCUT2D eigenvalue weighted by Gasteiger charge is -2.10. The van der Waals surface area contributed by atoms with E-state index in [0.717, 1.165) is 6.07 Å². The number of halogens is 2. The van der Waals surface area contributed by atoms with Gasteiger partial charge in [-0.1, -0.05) is 11.6 Å². The van der Waals surface area contributed by atoms with Crippen LogP contribution in [0.4, 0.5) is 27.4 Å². The lowest BCUT2D eigenvalue weighted by Crippen LogP contribution is -2.04. The molecule has 0 aliphatic carbocycles. The number of hydrogen-bond donors (Lipinski definition) is 2. The van der Waals surface area contributed by atoms with Crippen molar-refractivity contribution in [1.82, 2.24) is 4.98 Å². The van der Waals surface area contributed by atoms with Crippen LogP contribution in [0.3, 0.4) is 0 Å². The molecule has 1 aromatic carbocycles. The molecule has 110 valence electrons. The molecular weight excluding hydrogens is 299 g/mol. The number of nitro groups is 1. The summed E-state index contributed by atoms with van der Waals surface area (Å²) in [6, 6.07) is 6.56. The van der Waals surface area contributed by atoms with E-state index in [2.05, 4.69) is 15.6 Å². The van der Waals surface area contributed by atoms with Crippen LogP contribution in [-0.4, -0.2) is 16.5 Å². The van der Waals surface area contributed by atoms with E-state index in [1.165, 1.54) is 24.3 Å². The van der Waals surface area contributed by atoms with Gasteiger partial charge < -0.3 is 10.6 Å². The molecule has 21 heavy (non-hydrogen) atoms. The van der Waals surface area contributed by atoms with Gasteiger partial charge in [-0.3, -0.25) is 10.1 Å². The fraction of sp³-hybridized carbons (Fsp3) is 0.154. The molecule has 0 amide bonds. The Morgan fingerprint density at radius 3 is 2.76 bits per heavy atom. The van der Waals surface area contributed by atoms with E-state index >= 15 is 0 Å². The second-order valence-corrected chi connectivity index (χ2v) is 4.51. The highest BCUT2D eigenvalue weighted by Crippen LogP contribution is 2.31. The smallest absolute Gasteiger partial charge is 0.311 e. The maximum atomic E-state index is 13.0. The zero-order valence-electron chi connectivity index (χ0n) is 11.1. The van der Waals surface area contributed by atoms with E-state index in [9.17, 15) is 14.5 Å². The largest absolute Gasteiger partial charge is 0.370 e. The van der Waals surface area contributed by atoms with Gasteiger partial charge in [0.2, 0.25) is 5.82 Å². The van der Waals surface area contributed by atoms with Crippen LogP contribution in [0.2, 0.25) is 5.02 Å². The average Bonchev–Trinajstić information content (AvgIpc) is 2.42. The van der Waals surface area contributed by atoms with E-state index in [1.807, 2.05) is 6.92 Å². The van der Waals surface area contributed by atoms with Gasteiger partial charge in [0.15, 0.2) is 0 Å². The molecule has 1 heterocycles. The Morgan fingerprint density at radius 2 is 2.14 bits per heavy atom. The average molecular weight is 311 g/mol. The standard InChI is InChI=1S/C13H12ClFN4O2/c1-2-16-12-6-5-11(19(20)21)13(18-12)17-10-4-3-8(15)7-9(10)14/h3-7H,2H2,1H3,(H2,16,17,18). The van der Waals surface area contributed by atoms with Crippen molar-refractivity contribution < 1.29 is 9.31 Å². The van der Waals surface area contributed by atoms with Gasteiger partial charge in [0.1, 0.15) is 11.6 Å². The molecule has 2 N–H and O–H groups in total. The van der Waals surface area contributed by atoms with Crippen LogP contribution in [-0.2, 0) is 0 Å². The molecule has 0 aliphatic rings. The molecule has 0 aliphatic heterocycles. The van der Waals surface area contributed by atoms with Crippen molar-refractivity contribution in [3.05, 3.63) is 51.3 Å². The van der Waals surface area contributed by atoms with Crippen LogP contribution in [0, 0.1) is 15.9 Å². The molecule has 1 aromatic heterocycles. The zero-order chi connectivity index (χ0) is 15.4. The number of pyridine rings is 1. The summed E-state index contributed by atoms with van der Waals surface area (Å²) < 4.78 is 13.0. The predicted octanol–water partition coefficient (Wildman–Crippen LogP) is 3.96. The minimum Gasteiger partial charge on any atom is -0.370 e. The third-order valence-corrected chi connectivity index (χ3v) is 2.93. The lowest BCUT2D eigenvalue weighted by atomic mass is 10.3. The first kappa shape index (κ1) is 15.0. The summed E-state index contributed by atoms with van der Waals surface area (Å²) in [5.74, 6) is 0.0326. The summed E-state index contributed by atoms with van der Waals surface area (Å²) in [6.07, 6.45) is 0. The highest BCUT2D eigenvalue weighted by atomic mass is 35.5. The Bertz CT molecular complexity index is 681. The van der Waals surface area contributed by atoms with Gasteiger partial charge in [-0.05, 0) is 31.2 Å². The third-order valence-electron chi connectivity index (χ3n) is 2.61. The van der Waals surface area contributed by atoms with E-state index in [0.29, 0.717) is 18.1 Å². The molecule has 0 fully saturated rings. The number of nitrogens with zero attached hydrogens (tertiary/aromatic N) is 2. The van der Waals surface area contributed by atoms with Crippen LogP contribution >= 0.6 is 11.6 Å². The second kappa shape index (κ2) is 6.36. The molecule has 0 spiro atoms. The van der Waals surface area contributed by atoms with Crippen molar-refractivity contribution in [3.8, 4) is 0 Å². The molecule has 2 rings (SSSR count). The van der Waals surface area contributed by atoms with Gasteiger partial charge in [0, 0.05) is 12.6 Å². The van der Waals surface area contributed by atoms with Crippen LogP contribution < -0.4 is 10.6 Å². The number of rotatable bonds is 5. The first-order valence-electron chi connectivity index (χ1n) is 6.12. The Hall–Kier alpha value is -2.41. The number of anilines is 3. The molecule has 0 saturated carbocycles. The van der Waals surface area contributed by atoms with Crippen molar-refractivity contribution in [2.75, 3.05) is 17.2 Å². The van der Waals surface area contributed by atoms with Gasteiger partial charge in [0.05, 0.1) is 15.6 Å². The summed E-state index contributed by atoms with van der Waals surface area (Å²) in [4.78, 5) is 14.6. The molecule has 0 atom stereocenters. The summed E-state index contributed by atoms with van der Waals surface area (Å²) in [5.41, 5.74) is 0.138. The number of aromatic nitrogens is 1. The normalized spacial score (nSPS) is 10.2. The fourth-order valence-corrected chi connectivity index (χ4v) is 1.90. The SMILES string of the molecule is CCNc1ccc([N+](=O)[O-])c(Nc2ccc(F)cc2Cl)n1. The third kappa shape index (κ3) is 3.57. The molecule has 2 aromatic rings. The summed E-state index contributed by atoms with van der Waals surface area (Å²) in [5, 5.41) is 16.9. The minimum atomic E-state index is -0.553. The highest BCUT2D eigenvalue weighted by molar-refractivity contribution is 6.33. The zero-order valence-corrected chi connectivity index (χ0v) is 11.8. The fourth-order valence-electron chi connectivity index (χ4n) is 1.69. The van der Waals surface area contributed by atoms with E-state index in [1.54, 1.807) is 0 Å². The van der Waals surface area contributed by atoms with E-state index in [-0.39, 0.29) is 16.5 Å². The molecule has 8 heteroatoms. The lowest BCUT2D eigenvalue weighted by molar-refractivity contribution is -0.384. The van der Waals surface area contributed by atoms with Crippen molar-refractivity contribution in [1.29, 1.82) is 0 Å². The first-order chi connectivity index (χ1) is 10.0. The van der Waals surface area contributed by atoms with E-state index in [4.69, 9.17) is 11.6 Å². The van der Waals surface area contributed by atoms with Gasteiger partial charge >= 0.3 is 5.69 Å². The Morgan fingerprint density at radius 1 is 1.38 bits per heavy atom. The molecular formula is C13H12ClFN4O2. The monoisotopic (exact) mass is 310 g/mol. The van der Waals surface area contributed by atoms with Gasteiger partial charge in [-0.15, -0.1) is 0 Å². The summed E-state index contributed by atoms with van der Waals surface area (Å²) >= 11 is 5.90. The number of hydrogen-bond acceptors (Lipinski definition) is 5. The van der Waals surface area contributed by atoms with Gasteiger partial charge in [-0.25, -0.2) is 9.37 Å². The Labute approximate surface area is 125 Å².